The molecule has 4 aromatic heterocycles. The summed E-state index contributed by atoms with van der Waals surface area (Å²) in [5, 5.41) is 22.4. The summed E-state index contributed by atoms with van der Waals surface area (Å²) in [5.74, 6) is -1.53. The van der Waals surface area contributed by atoms with Crippen LogP contribution in [0.15, 0.2) is 36.7 Å². The van der Waals surface area contributed by atoms with E-state index < -0.39 is 29.4 Å². The number of aromatic nitrogens is 6. The molecule has 0 aliphatic rings. The summed E-state index contributed by atoms with van der Waals surface area (Å²) in [7, 11) is 0. The Hall–Kier alpha value is -3.92. The Kier molecular flexibility index (Phi) is 9.19. The van der Waals surface area contributed by atoms with Crippen molar-refractivity contribution in [3.8, 4) is 0 Å². The summed E-state index contributed by atoms with van der Waals surface area (Å²) in [6.07, 6.45) is 0.551. The van der Waals surface area contributed by atoms with Gasteiger partial charge in [-0.2, -0.15) is 13.2 Å². The van der Waals surface area contributed by atoms with Crippen LogP contribution in [0.3, 0.4) is 0 Å². The third-order valence-electron chi connectivity index (χ3n) is 5.18. The minimum Gasteiger partial charge on any atom is -0.344 e. The molecule has 10 nitrogen and oxygen atoms in total. The fraction of sp³-hybridized carbons (Fsp3) is 0.304. The van der Waals surface area contributed by atoms with Crippen molar-refractivity contribution in [1.82, 2.24) is 41.0 Å². The van der Waals surface area contributed by atoms with Crippen LogP contribution in [-0.4, -0.2) is 42.2 Å². The number of aryl methyl sites for hydroxylation is 2. The first-order chi connectivity index (χ1) is 18.7. The third-order valence-corrected chi connectivity index (χ3v) is 7.14. The van der Waals surface area contributed by atoms with Crippen LogP contribution in [0.4, 0.5) is 17.6 Å². The third kappa shape index (κ3) is 8.03. The monoisotopic (exact) mass is 580 g/mol. The molecule has 4 rings (SSSR count). The van der Waals surface area contributed by atoms with E-state index in [0.29, 0.717) is 29.3 Å². The highest BCUT2D eigenvalue weighted by Gasteiger charge is 2.30. The second kappa shape index (κ2) is 12.8. The molecule has 0 aromatic carbocycles. The van der Waals surface area contributed by atoms with Crippen LogP contribution in [0.2, 0.25) is 0 Å². The lowest BCUT2D eigenvalue weighted by molar-refractivity contribution is -0.137. The number of carbonyl (C=O) groups is 2. The van der Waals surface area contributed by atoms with Gasteiger partial charge in [-0.3, -0.25) is 19.6 Å². The zero-order chi connectivity index (χ0) is 27.8. The summed E-state index contributed by atoms with van der Waals surface area (Å²) < 4.78 is 52.1. The quantitative estimate of drug-likeness (QED) is 0.202. The minimum atomic E-state index is -4.49. The fourth-order valence-corrected chi connectivity index (χ4v) is 4.83. The highest BCUT2D eigenvalue weighted by Crippen LogP contribution is 2.29. The average molecular weight is 581 g/mol. The maximum atomic E-state index is 13.6. The predicted octanol–water partition coefficient (Wildman–Crippen LogP) is 3.76. The molecule has 0 bridgehead atoms. The summed E-state index contributed by atoms with van der Waals surface area (Å²) in [4.78, 5) is 32.3. The zero-order valence-electron chi connectivity index (χ0n) is 20.0. The first-order valence-electron chi connectivity index (χ1n) is 11.5. The number of nitrogens with zero attached hydrogens (tertiary/aromatic N) is 6. The highest BCUT2D eigenvalue weighted by molar-refractivity contribution is 7.13. The van der Waals surface area contributed by atoms with E-state index in [9.17, 15) is 27.2 Å². The zero-order valence-corrected chi connectivity index (χ0v) is 21.7. The Morgan fingerprint density at radius 2 is 1.44 bits per heavy atom. The summed E-state index contributed by atoms with van der Waals surface area (Å²) in [5.41, 5.74) is -0.645. The Morgan fingerprint density at radius 3 is 2.03 bits per heavy atom. The molecule has 2 N–H and O–H groups in total. The second-order valence-corrected chi connectivity index (χ2v) is 10.2. The van der Waals surface area contributed by atoms with Crippen molar-refractivity contribution in [3.63, 3.8) is 0 Å². The van der Waals surface area contributed by atoms with Crippen molar-refractivity contribution in [1.29, 1.82) is 0 Å². The number of alkyl halides is 3. The molecule has 39 heavy (non-hydrogen) atoms. The molecule has 0 aliphatic carbocycles. The van der Waals surface area contributed by atoms with Crippen LogP contribution in [0.25, 0.3) is 0 Å². The molecule has 4 heterocycles. The minimum absolute atomic E-state index is 0.0651. The van der Waals surface area contributed by atoms with Crippen molar-refractivity contribution < 1.29 is 27.2 Å². The van der Waals surface area contributed by atoms with Gasteiger partial charge in [-0.1, -0.05) is 22.7 Å². The summed E-state index contributed by atoms with van der Waals surface area (Å²) in [6.45, 7) is -0.246. The normalized spacial score (nSPS) is 11.4. The molecule has 204 valence electrons. The molecule has 0 saturated heterocycles. The maximum absolute atomic E-state index is 13.6. The number of carbonyl (C=O) groups excluding carboxylic acids is 2. The number of hydrogen-bond acceptors (Lipinski definition) is 10. The van der Waals surface area contributed by atoms with Crippen molar-refractivity contribution in [2.75, 3.05) is 0 Å². The van der Waals surface area contributed by atoms with Gasteiger partial charge >= 0.3 is 6.18 Å². The van der Waals surface area contributed by atoms with Gasteiger partial charge in [0, 0.05) is 25.2 Å². The Morgan fingerprint density at radius 1 is 0.821 bits per heavy atom. The SMILES string of the molecule is O=C(NCc1cc(C(F)(F)F)ccn1)c1nnc(CCCCc2nnc(C(=O)NCc3ncccc3F)s2)s1. The number of nitrogens with one attached hydrogen (secondary N) is 2. The van der Waals surface area contributed by atoms with Crippen LogP contribution in [0, 0.1) is 5.82 Å². The van der Waals surface area contributed by atoms with E-state index >= 15 is 0 Å². The first-order valence-corrected chi connectivity index (χ1v) is 13.1. The molecule has 0 radical (unpaired) electrons. The van der Waals surface area contributed by atoms with Gasteiger partial charge in [0.25, 0.3) is 11.8 Å². The smallest absolute Gasteiger partial charge is 0.344 e. The Bertz CT molecular complexity index is 1440. The largest absolute Gasteiger partial charge is 0.416 e. The van der Waals surface area contributed by atoms with E-state index in [2.05, 4.69) is 41.0 Å². The lowest BCUT2D eigenvalue weighted by Crippen LogP contribution is -2.23. The van der Waals surface area contributed by atoms with E-state index in [1.807, 2.05) is 0 Å². The topological polar surface area (TPSA) is 136 Å². The van der Waals surface area contributed by atoms with Crippen LogP contribution in [0.1, 0.15) is 59.4 Å². The molecule has 0 spiro atoms. The maximum Gasteiger partial charge on any atom is 0.416 e. The number of pyridine rings is 2. The van der Waals surface area contributed by atoms with Gasteiger partial charge in [0.05, 0.1) is 30.0 Å². The molecule has 16 heteroatoms. The van der Waals surface area contributed by atoms with Crippen LogP contribution in [-0.2, 0) is 32.1 Å². The van der Waals surface area contributed by atoms with E-state index in [-0.39, 0.29) is 34.5 Å². The Labute approximate surface area is 227 Å². The van der Waals surface area contributed by atoms with E-state index in [4.69, 9.17) is 0 Å². The lowest BCUT2D eigenvalue weighted by Gasteiger charge is -2.08. The number of hydrogen-bond donors (Lipinski definition) is 2. The standard InChI is InChI=1S/C23H20F4N8O2S2/c24-15-4-3-8-29-16(15)12-31-20(37)22-35-33-18(39-22)6-2-1-5-17-32-34-21(38-17)19(36)30-11-14-10-13(7-9-28-14)23(25,26)27/h3-4,7-10H,1-2,5-6,11-12H2,(H,30,36)(H,31,37). The van der Waals surface area contributed by atoms with Gasteiger partial charge in [0.15, 0.2) is 0 Å². The number of rotatable bonds is 11. The van der Waals surface area contributed by atoms with Crippen molar-refractivity contribution in [2.24, 2.45) is 0 Å². The molecular weight excluding hydrogens is 560 g/mol. The highest BCUT2D eigenvalue weighted by atomic mass is 32.1. The molecule has 0 aliphatic heterocycles. The summed E-state index contributed by atoms with van der Waals surface area (Å²) >= 11 is 2.24. The van der Waals surface area contributed by atoms with Gasteiger partial charge in [-0.25, -0.2) is 4.39 Å². The van der Waals surface area contributed by atoms with Gasteiger partial charge in [-0.15, -0.1) is 20.4 Å². The average Bonchev–Trinajstić information content (AvgIpc) is 3.59. The lowest BCUT2D eigenvalue weighted by atomic mass is 10.2. The van der Waals surface area contributed by atoms with Gasteiger partial charge in [0.1, 0.15) is 15.8 Å². The van der Waals surface area contributed by atoms with Crippen LogP contribution < -0.4 is 10.6 Å². The van der Waals surface area contributed by atoms with Crippen molar-refractivity contribution in [2.45, 2.75) is 44.9 Å². The summed E-state index contributed by atoms with van der Waals surface area (Å²) in [6, 6.07) is 4.46. The van der Waals surface area contributed by atoms with Crippen molar-refractivity contribution >= 4 is 34.5 Å². The fourth-order valence-electron chi connectivity index (χ4n) is 3.23. The molecule has 0 fully saturated rings. The molecule has 2 amide bonds. The van der Waals surface area contributed by atoms with Gasteiger partial charge < -0.3 is 10.6 Å². The van der Waals surface area contributed by atoms with E-state index in [1.165, 1.54) is 18.3 Å². The Balaban J connectivity index is 1.18. The first kappa shape index (κ1) is 28.1. The van der Waals surface area contributed by atoms with Crippen LogP contribution >= 0.6 is 22.7 Å². The molecular formula is C23H20F4N8O2S2. The van der Waals surface area contributed by atoms with Gasteiger partial charge in [0.2, 0.25) is 10.0 Å². The van der Waals surface area contributed by atoms with E-state index in [0.717, 1.165) is 47.4 Å². The molecule has 0 saturated carbocycles. The van der Waals surface area contributed by atoms with Crippen LogP contribution in [0.5, 0.6) is 0 Å². The van der Waals surface area contributed by atoms with E-state index in [1.54, 1.807) is 0 Å². The molecule has 0 unspecified atom stereocenters. The second-order valence-electron chi connectivity index (χ2n) is 8.04. The predicted molar refractivity (Wildman–Crippen MR) is 132 cm³/mol. The molecule has 0 atom stereocenters. The number of halogens is 4. The number of unbranched alkanes of at least 4 members (excludes halogenated alkanes) is 1. The van der Waals surface area contributed by atoms with Gasteiger partial charge in [-0.05, 0) is 37.1 Å². The van der Waals surface area contributed by atoms with Crippen molar-refractivity contribution in [3.05, 3.63) is 79.5 Å². The number of amides is 2. The molecule has 4 aromatic rings.